The fourth-order valence-electron chi connectivity index (χ4n) is 2.21. The molecule has 18 heavy (non-hydrogen) atoms. The predicted molar refractivity (Wildman–Crippen MR) is 73.6 cm³/mol. The van der Waals surface area contributed by atoms with E-state index in [1.807, 2.05) is 0 Å². The van der Waals surface area contributed by atoms with Crippen molar-refractivity contribution < 1.29 is 4.79 Å². The first-order valence-corrected chi connectivity index (χ1v) is 5.86. The van der Waals surface area contributed by atoms with Crippen molar-refractivity contribution in [1.82, 2.24) is 4.90 Å². The molecule has 0 aliphatic carbocycles. The van der Waals surface area contributed by atoms with Crippen LogP contribution in [0.4, 0.5) is 10.5 Å². The maximum atomic E-state index is 11.9. The first-order valence-electron chi connectivity index (χ1n) is 5.48. The maximum Gasteiger partial charge on any atom is 0.323 e. The Labute approximate surface area is 111 Å². The van der Waals surface area contributed by atoms with E-state index in [1.54, 1.807) is 31.3 Å². The standard InChI is InChI=1S/C14H13ClN2O/c1-4-8-14(5-2)11-9-10(15)6-7-12(11)16-13(18)17(14)3/h2,4,6-7,9H,1,8H2,3H3,(H,16,18). The van der Waals surface area contributed by atoms with Gasteiger partial charge in [0, 0.05) is 29.7 Å². The van der Waals surface area contributed by atoms with Gasteiger partial charge in [-0.3, -0.25) is 0 Å². The summed E-state index contributed by atoms with van der Waals surface area (Å²) in [6.07, 6.45) is 7.86. The molecule has 1 atom stereocenters. The highest BCUT2D eigenvalue weighted by Crippen LogP contribution is 2.40. The average Bonchev–Trinajstić information content (AvgIpc) is 2.36. The van der Waals surface area contributed by atoms with E-state index >= 15 is 0 Å². The number of nitrogens with zero attached hydrogens (tertiary/aromatic N) is 1. The molecule has 1 aliphatic heterocycles. The minimum Gasteiger partial charge on any atom is -0.307 e. The van der Waals surface area contributed by atoms with Crippen molar-refractivity contribution in [2.45, 2.75) is 12.0 Å². The number of urea groups is 1. The van der Waals surface area contributed by atoms with Crippen molar-refractivity contribution in [1.29, 1.82) is 0 Å². The van der Waals surface area contributed by atoms with E-state index in [2.05, 4.69) is 17.8 Å². The molecule has 3 nitrogen and oxygen atoms in total. The van der Waals surface area contributed by atoms with Gasteiger partial charge in [-0.15, -0.1) is 13.0 Å². The lowest BCUT2D eigenvalue weighted by atomic mass is 9.83. The van der Waals surface area contributed by atoms with Gasteiger partial charge in [-0.25, -0.2) is 4.79 Å². The molecule has 4 heteroatoms. The summed E-state index contributed by atoms with van der Waals surface area (Å²) in [5.41, 5.74) is 0.687. The Morgan fingerprint density at radius 3 is 3.00 bits per heavy atom. The molecular formula is C14H13ClN2O. The van der Waals surface area contributed by atoms with E-state index in [-0.39, 0.29) is 6.03 Å². The van der Waals surface area contributed by atoms with Crippen molar-refractivity contribution in [3.05, 3.63) is 41.4 Å². The van der Waals surface area contributed by atoms with Gasteiger partial charge in [0.25, 0.3) is 0 Å². The van der Waals surface area contributed by atoms with E-state index in [0.717, 1.165) is 5.56 Å². The van der Waals surface area contributed by atoms with Crippen molar-refractivity contribution in [2.24, 2.45) is 0 Å². The third kappa shape index (κ3) is 1.66. The van der Waals surface area contributed by atoms with Crippen molar-refractivity contribution in [3.63, 3.8) is 0 Å². The number of carbonyl (C=O) groups is 1. The molecule has 1 N–H and O–H groups in total. The summed E-state index contributed by atoms with van der Waals surface area (Å²) in [4.78, 5) is 13.5. The predicted octanol–water partition coefficient (Wildman–Crippen LogP) is 3.22. The summed E-state index contributed by atoms with van der Waals surface area (Å²) in [5, 5.41) is 3.37. The van der Waals surface area contributed by atoms with E-state index < -0.39 is 5.54 Å². The highest BCUT2D eigenvalue weighted by atomic mass is 35.5. The summed E-state index contributed by atoms with van der Waals surface area (Å²) in [6, 6.07) is 5.04. The van der Waals surface area contributed by atoms with Crippen LogP contribution in [0.15, 0.2) is 30.9 Å². The Hall–Kier alpha value is -1.92. The molecule has 92 valence electrons. The van der Waals surface area contributed by atoms with Crippen LogP contribution >= 0.6 is 11.6 Å². The number of nitrogens with one attached hydrogen (secondary N) is 1. The van der Waals surface area contributed by atoms with Gasteiger partial charge >= 0.3 is 6.03 Å². The zero-order valence-electron chi connectivity index (χ0n) is 10.0. The van der Waals surface area contributed by atoms with Gasteiger partial charge in [-0.1, -0.05) is 23.6 Å². The molecule has 1 aromatic rings. The number of fused-ring (bicyclic) bond motifs is 1. The lowest BCUT2D eigenvalue weighted by Crippen LogP contribution is -2.51. The number of hydrogen-bond donors (Lipinski definition) is 1. The van der Waals surface area contributed by atoms with E-state index in [9.17, 15) is 4.79 Å². The van der Waals surface area contributed by atoms with E-state index in [0.29, 0.717) is 17.1 Å². The molecule has 1 aromatic carbocycles. The zero-order valence-corrected chi connectivity index (χ0v) is 10.8. The number of halogens is 1. The molecule has 2 amide bonds. The van der Waals surface area contributed by atoms with Crippen LogP contribution in [0.3, 0.4) is 0 Å². The summed E-state index contributed by atoms with van der Waals surface area (Å²) in [6.45, 7) is 3.72. The largest absolute Gasteiger partial charge is 0.323 e. The first kappa shape index (κ1) is 12.5. The van der Waals surface area contributed by atoms with Gasteiger partial charge in [-0.05, 0) is 18.2 Å². The highest BCUT2D eigenvalue weighted by molar-refractivity contribution is 6.30. The van der Waals surface area contributed by atoms with Crippen LogP contribution < -0.4 is 5.32 Å². The number of carbonyl (C=O) groups excluding carboxylic acids is 1. The van der Waals surface area contributed by atoms with Gasteiger partial charge in [0.1, 0.15) is 5.54 Å². The van der Waals surface area contributed by atoms with Crippen LogP contribution in [-0.2, 0) is 5.54 Å². The summed E-state index contributed by atoms with van der Waals surface area (Å²) < 4.78 is 0. The van der Waals surface area contributed by atoms with Crippen LogP contribution in [-0.4, -0.2) is 18.0 Å². The fraction of sp³-hybridized carbons (Fsp3) is 0.214. The highest BCUT2D eigenvalue weighted by Gasteiger charge is 2.42. The second-order valence-corrected chi connectivity index (χ2v) is 4.61. The second kappa shape index (κ2) is 4.40. The smallest absolute Gasteiger partial charge is 0.307 e. The topological polar surface area (TPSA) is 32.3 Å². The lowest BCUT2D eigenvalue weighted by Gasteiger charge is -2.42. The SMILES string of the molecule is C#CC1(CC=C)c2cc(Cl)ccc2NC(=O)N1C. The normalized spacial score (nSPS) is 21.8. The Kier molecular flexibility index (Phi) is 3.06. The van der Waals surface area contributed by atoms with Gasteiger partial charge < -0.3 is 10.2 Å². The Morgan fingerprint density at radius 2 is 2.39 bits per heavy atom. The van der Waals surface area contributed by atoms with Gasteiger partial charge in [-0.2, -0.15) is 0 Å². The zero-order chi connectivity index (χ0) is 13.3. The number of benzene rings is 1. The Morgan fingerprint density at radius 1 is 1.67 bits per heavy atom. The number of terminal acetylenes is 1. The number of amides is 2. The van der Waals surface area contributed by atoms with Crippen molar-refractivity contribution in [2.75, 3.05) is 12.4 Å². The molecular weight excluding hydrogens is 248 g/mol. The number of hydrogen-bond acceptors (Lipinski definition) is 1. The summed E-state index contributed by atoms with van der Waals surface area (Å²) in [7, 11) is 1.67. The molecule has 0 spiro atoms. The summed E-state index contributed by atoms with van der Waals surface area (Å²) >= 11 is 6.02. The van der Waals surface area contributed by atoms with Crippen LogP contribution in [0, 0.1) is 12.3 Å². The third-order valence-electron chi connectivity index (χ3n) is 3.22. The lowest BCUT2D eigenvalue weighted by molar-refractivity contribution is 0.176. The molecule has 0 radical (unpaired) electrons. The second-order valence-electron chi connectivity index (χ2n) is 4.18. The molecule has 0 saturated carbocycles. The van der Waals surface area contributed by atoms with Gasteiger partial charge in [0.05, 0.1) is 0 Å². The average molecular weight is 261 g/mol. The quantitative estimate of drug-likeness (QED) is 0.643. The number of anilines is 1. The van der Waals surface area contributed by atoms with Gasteiger partial charge in [0.15, 0.2) is 0 Å². The molecule has 0 fully saturated rings. The number of rotatable bonds is 2. The molecule has 0 saturated heterocycles. The minimum atomic E-state index is -0.829. The monoisotopic (exact) mass is 260 g/mol. The van der Waals surface area contributed by atoms with Crippen molar-refractivity contribution in [3.8, 4) is 12.3 Å². The van der Waals surface area contributed by atoms with Crippen LogP contribution in [0.5, 0.6) is 0 Å². The van der Waals surface area contributed by atoms with Crippen molar-refractivity contribution >= 4 is 23.3 Å². The minimum absolute atomic E-state index is 0.232. The van der Waals surface area contributed by atoms with E-state index in [1.165, 1.54) is 4.90 Å². The van der Waals surface area contributed by atoms with Crippen LogP contribution in [0.25, 0.3) is 0 Å². The van der Waals surface area contributed by atoms with Crippen LogP contribution in [0.1, 0.15) is 12.0 Å². The Bertz CT molecular complexity index is 561. The van der Waals surface area contributed by atoms with Crippen LogP contribution in [0.2, 0.25) is 5.02 Å². The third-order valence-corrected chi connectivity index (χ3v) is 3.46. The molecule has 0 bridgehead atoms. The molecule has 1 unspecified atom stereocenters. The Balaban J connectivity index is 2.71. The molecule has 1 heterocycles. The first-order chi connectivity index (χ1) is 8.55. The fourth-order valence-corrected chi connectivity index (χ4v) is 2.38. The molecule has 2 rings (SSSR count). The molecule has 1 aliphatic rings. The van der Waals surface area contributed by atoms with E-state index in [4.69, 9.17) is 18.0 Å². The van der Waals surface area contributed by atoms with Gasteiger partial charge in [0.2, 0.25) is 0 Å². The maximum absolute atomic E-state index is 11.9. The summed E-state index contributed by atoms with van der Waals surface area (Å²) in [5.74, 6) is 2.72. The molecule has 0 aromatic heterocycles.